The summed E-state index contributed by atoms with van der Waals surface area (Å²) in [6.45, 7) is 0. The molecule has 0 atom stereocenters. The van der Waals surface area contributed by atoms with Crippen molar-refractivity contribution in [2.24, 2.45) is 0 Å². The van der Waals surface area contributed by atoms with E-state index in [2.05, 4.69) is 22.6 Å². The molecule has 0 aliphatic carbocycles. The molecule has 1 aromatic carbocycles. The van der Waals surface area contributed by atoms with Gasteiger partial charge in [0.1, 0.15) is 0 Å². The van der Waals surface area contributed by atoms with Crippen LogP contribution in [0.25, 0.3) is 5.69 Å². The van der Waals surface area contributed by atoms with Crippen LogP contribution in [0.1, 0.15) is 10.4 Å². The van der Waals surface area contributed by atoms with E-state index in [1.54, 1.807) is 6.07 Å². The maximum Gasteiger partial charge on any atom is 0.151 e. The largest absolute Gasteiger partial charge is 0.323 e. The Bertz CT molecular complexity index is 445. The predicted octanol–water partition coefficient (Wildman–Crippen LogP) is 2.89. The lowest BCUT2D eigenvalue weighted by Crippen LogP contribution is -1.89. The Balaban J connectivity index is 2.39. The second-order valence-electron chi connectivity index (χ2n) is 2.95. The Hall–Kier alpha value is -1.10. The molecule has 1 heterocycles. The Morgan fingerprint density at radius 3 is 2.43 bits per heavy atom. The van der Waals surface area contributed by atoms with Crippen molar-refractivity contribution in [3.05, 3.63) is 51.9 Å². The van der Waals surface area contributed by atoms with Crippen LogP contribution in [0.15, 0.2) is 42.7 Å². The third-order valence-electron chi connectivity index (χ3n) is 1.98. The third-order valence-corrected chi connectivity index (χ3v) is 2.70. The van der Waals surface area contributed by atoms with Crippen LogP contribution in [-0.4, -0.2) is 10.9 Å². The number of aldehydes is 1. The SMILES string of the molecule is O=Cc1ccn(-c2ccc(I)cc2)c1. The Labute approximate surface area is 95.7 Å². The Kier molecular flexibility index (Phi) is 2.67. The molecule has 0 spiro atoms. The highest BCUT2D eigenvalue weighted by Crippen LogP contribution is 2.12. The lowest BCUT2D eigenvalue weighted by molar-refractivity contribution is 0.112. The van der Waals surface area contributed by atoms with Crippen LogP contribution in [0, 0.1) is 3.57 Å². The highest BCUT2D eigenvalue weighted by molar-refractivity contribution is 14.1. The van der Waals surface area contributed by atoms with E-state index in [4.69, 9.17) is 0 Å². The number of hydrogen-bond acceptors (Lipinski definition) is 1. The highest BCUT2D eigenvalue weighted by atomic mass is 127. The van der Waals surface area contributed by atoms with Crippen molar-refractivity contribution >= 4 is 28.9 Å². The van der Waals surface area contributed by atoms with Gasteiger partial charge in [-0.15, -0.1) is 0 Å². The van der Waals surface area contributed by atoms with E-state index in [1.807, 2.05) is 41.2 Å². The maximum atomic E-state index is 10.5. The molecule has 0 amide bonds. The third kappa shape index (κ3) is 1.87. The predicted molar refractivity (Wildman–Crippen MR) is 63.9 cm³/mol. The van der Waals surface area contributed by atoms with Crippen LogP contribution in [0.5, 0.6) is 0 Å². The molecule has 2 aromatic rings. The number of carbonyl (C=O) groups excluding carboxylic acids is 1. The van der Waals surface area contributed by atoms with Gasteiger partial charge < -0.3 is 4.57 Å². The number of benzene rings is 1. The molecule has 0 unspecified atom stereocenters. The van der Waals surface area contributed by atoms with Gasteiger partial charge in [0.15, 0.2) is 6.29 Å². The van der Waals surface area contributed by atoms with Gasteiger partial charge in [-0.1, -0.05) is 0 Å². The van der Waals surface area contributed by atoms with E-state index in [0.717, 1.165) is 12.0 Å². The molecule has 0 aliphatic heterocycles. The fourth-order valence-electron chi connectivity index (χ4n) is 1.26. The fraction of sp³-hybridized carbons (Fsp3) is 0. The minimum absolute atomic E-state index is 0.698. The van der Waals surface area contributed by atoms with Crippen molar-refractivity contribution in [3.63, 3.8) is 0 Å². The monoisotopic (exact) mass is 297 g/mol. The number of halogens is 1. The van der Waals surface area contributed by atoms with Gasteiger partial charge in [-0.05, 0) is 52.9 Å². The van der Waals surface area contributed by atoms with Gasteiger partial charge in [-0.3, -0.25) is 4.79 Å². The van der Waals surface area contributed by atoms with Crippen molar-refractivity contribution < 1.29 is 4.79 Å². The molecule has 0 bridgehead atoms. The van der Waals surface area contributed by atoms with E-state index < -0.39 is 0 Å². The summed E-state index contributed by atoms with van der Waals surface area (Å²) in [5.41, 5.74) is 1.77. The molecule has 70 valence electrons. The smallest absolute Gasteiger partial charge is 0.151 e. The van der Waals surface area contributed by atoms with Crippen molar-refractivity contribution in [2.75, 3.05) is 0 Å². The topological polar surface area (TPSA) is 22.0 Å². The first kappa shape index (κ1) is 9.45. The van der Waals surface area contributed by atoms with Gasteiger partial charge in [-0.2, -0.15) is 0 Å². The second kappa shape index (κ2) is 3.96. The van der Waals surface area contributed by atoms with Crippen LogP contribution < -0.4 is 0 Å². The van der Waals surface area contributed by atoms with Crippen molar-refractivity contribution in [1.29, 1.82) is 0 Å². The molecule has 0 radical (unpaired) electrons. The minimum atomic E-state index is 0.698. The summed E-state index contributed by atoms with van der Waals surface area (Å²) in [7, 11) is 0. The summed E-state index contributed by atoms with van der Waals surface area (Å²) in [6.07, 6.45) is 4.55. The van der Waals surface area contributed by atoms with Crippen LogP contribution in [0.3, 0.4) is 0 Å². The van der Waals surface area contributed by atoms with E-state index >= 15 is 0 Å². The van der Waals surface area contributed by atoms with Gasteiger partial charge in [-0.25, -0.2) is 0 Å². The quantitative estimate of drug-likeness (QED) is 0.617. The van der Waals surface area contributed by atoms with Gasteiger partial charge in [0, 0.05) is 27.2 Å². The minimum Gasteiger partial charge on any atom is -0.323 e. The molecule has 0 saturated heterocycles. The molecule has 0 saturated carbocycles. The molecule has 0 N–H and O–H groups in total. The van der Waals surface area contributed by atoms with E-state index in [-0.39, 0.29) is 0 Å². The standard InChI is InChI=1S/C11H8INO/c12-10-1-3-11(4-2-10)13-6-5-9(7-13)8-14/h1-8H. The number of nitrogens with zero attached hydrogens (tertiary/aromatic N) is 1. The van der Waals surface area contributed by atoms with Crippen molar-refractivity contribution in [3.8, 4) is 5.69 Å². The lowest BCUT2D eigenvalue weighted by atomic mass is 10.3. The van der Waals surface area contributed by atoms with E-state index in [9.17, 15) is 4.79 Å². The first-order valence-electron chi connectivity index (χ1n) is 4.19. The maximum absolute atomic E-state index is 10.5. The lowest BCUT2D eigenvalue weighted by Gasteiger charge is -2.01. The summed E-state index contributed by atoms with van der Waals surface area (Å²) < 4.78 is 3.13. The van der Waals surface area contributed by atoms with Gasteiger partial charge in [0.2, 0.25) is 0 Å². The zero-order valence-electron chi connectivity index (χ0n) is 7.35. The normalized spacial score (nSPS) is 10.1. The molecular weight excluding hydrogens is 289 g/mol. The zero-order chi connectivity index (χ0) is 9.97. The molecule has 3 heteroatoms. The average Bonchev–Trinajstić information content (AvgIpc) is 2.67. The summed E-state index contributed by atoms with van der Waals surface area (Å²) in [6, 6.07) is 9.92. The summed E-state index contributed by atoms with van der Waals surface area (Å²) in [5.74, 6) is 0. The van der Waals surface area contributed by atoms with Crippen molar-refractivity contribution in [2.45, 2.75) is 0 Å². The molecule has 2 rings (SSSR count). The Morgan fingerprint density at radius 1 is 1.14 bits per heavy atom. The second-order valence-corrected chi connectivity index (χ2v) is 4.19. The van der Waals surface area contributed by atoms with Crippen molar-refractivity contribution in [1.82, 2.24) is 4.57 Å². The molecule has 14 heavy (non-hydrogen) atoms. The average molecular weight is 297 g/mol. The summed E-state index contributed by atoms with van der Waals surface area (Å²) >= 11 is 2.26. The fourth-order valence-corrected chi connectivity index (χ4v) is 1.62. The van der Waals surface area contributed by atoms with Crippen LogP contribution in [-0.2, 0) is 0 Å². The number of aromatic nitrogens is 1. The van der Waals surface area contributed by atoms with Gasteiger partial charge >= 0.3 is 0 Å². The number of hydrogen-bond donors (Lipinski definition) is 0. The van der Waals surface area contributed by atoms with Gasteiger partial charge in [0.25, 0.3) is 0 Å². The van der Waals surface area contributed by atoms with Gasteiger partial charge in [0.05, 0.1) is 0 Å². The number of rotatable bonds is 2. The first-order chi connectivity index (χ1) is 6.79. The molecule has 0 fully saturated rings. The first-order valence-corrected chi connectivity index (χ1v) is 5.26. The summed E-state index contributed by atoms with van der Waals surface area (Å²) in [4.78, 5) is 10.5. The van der Waals surface area contributed by atoms with E-state index in [0.29, 0.717) is 5.56 Å². The molecule has 1 aromatic heterocycles. The van der Waals surface area contributed by atoms with Crippen LogP contribution >= 0.6 is 22.6 Å². The Morgan fingerprint density at radius 2 is 1.86 bits per heavy atom. The van der Waals surface area contributed by atoms with Crippen LogP contribution in [0.2, 0.25) is 0 Å². The molecular formula is C11H8INO. The number of carbonyl (C=O) groups is 1. The summed E-state index contributed by atoms with van der Waals surface area (Å²) in [5, 5.41) is 0. The molecule has 2 nitrogen and oxygen atoms in total. The molecule has 0 aliphatic rings. The highest BCUT2D eigenvalue weighted by Gasteiger charge is 1.97. The van der Waals surface area contributed by atoms with Crippen LogP contribution in [0.4, 0.5) is 0 Å². The zero-order valence-corrected chi connectivity index (χ0v) is 9.51. The van der Waals surface area contributed by atoms with E-state index in [1.165, 1.54) is 3.57 Å².